The van der Waals surface area contributed by atoms with E-state index in [4.69, 9.17) is 9.15 Å². The number of thiol groups is 1. The highest BCUT2D eigenvalue weighted by Gasteiger charge is 2.31. The van der Waals surface area contributed by atoms with Gasteiger partial charge >= 0.3 is 6.09 Å². The summed E-state index contributed by atoms with van der Waals surface area (Å²) in [5, 5.41) is 0. The van der Waals surface area contributed by atoms with E-state index in [1.807, 2.05) is 25.7 Å². The van der Waals surface area contributed by atoms with E-state index in [0.717, 1.165) is 61.7 Å². The Morgan fingerprint density at radius 2 is 1.89 bits per heavy atom. The lowest BCUT2D eigenvalue weighted by Gasteiger charge is -2.36. The fourth-order valence-corrected chi connectivity index (χ4v) is 6.51. The predicted octanol–water partition coefficient (Wildman–Crippen LogP) is 6.75. The van der Waals surface area contributed by atoms with Crippen LogP contribution < -0.4 is 10.9 Å². The zero-order valence-corrected chi connectivity index (χ0v) is 29.7. The van der Waals surface area contributed by atoms with Gasteiger partial charge in [-0.25, -0.2) is 9.78 Å². The quantitative estimate of drug-likeness (QED) is 0.191. The van der Waals surface area contributed by atoms with Crippen LogP contribution >= 0.6 is 24.4 Å². The molecule has 1 aromatic heterocycles. The van der Waals surface area contributed by atoms with Crippen molar-refractivity contribution in [1.29, 1.82) is 0 Å². The molecule has 2 aromatic rings. The number of ether oxygens (including phenoxy) is 1. The minimum Gasteiger partial charge on any atom is -0.444 e. The monoisotopic (exact) mass is 657 g/mol. The van der Waals surface area contributed by atoms with Crippen LogP contribution in [-0.4, -0.2) is 58.6 Å². The molecule has 2 N–H and O–H groups in total. The Labute approximate surface area is 278 Å². The zero-order chi connectivity index (χ0) is 32.8. The van der Waals surface area contributed by atoms with Crippen molar-refractivity contribution in [2.24, 2.45) is 5.92 Å². The van der Waals surface area contributed by atoms with Crippen molar-refractivity contribution >= 4 is 36.4 Å². The molecule has 0 aliphatic carbocycles. The first-order valence-corrected chi connectivity index (χ1v) is 17.5. The number of thioether (sulfide) groups is 1. The molecule has 1 aromatic carbocycles. The number of fused-ring (bicyclic) bond motifs is 1. The van der Waals surface area contributed by atoms with Crippen LogP contribution in [0.25, 0.3) is 0 Å². The van der Waals surface area contributed by atoms with Crippen molar-refractivity contribution < 1.29 is 18.7 Å². The molecule has 0 spiro atoms. The Bertz CT molecular complexity index is 1340. The molecule has 0 bridgehead atoms. The molecule has 1 atom stereocenters. The maximum Gasteiger partial charge on any atom is 0.410 e. The molecule has 1 unspecified atom stereocenters. The second-order valence-electron chi connectivity index (χ2n) is 14.1. The van der Waals surface area contributed by atoms with E-state index in [-0.39, 0.29) is 29.4 Å². The molecule has 1 fully saturated rings. The van der Waals surface area contributed by atoms with Crippen molar-refractivity contribution in [2.45, 2.75) is 103 Å². The van der Waals surface area contributed by atoms with E-state index in [0.29, 0.717) is 18.2 Å². The molecular weight excluding hydrogens is 607 g/mol. The number of likely N-dealkylation sites (tertiary alicyclic amines) is 1. The number of carbonyl (C=O) groups is 2. The van der Waals surface area contributed by atoms with Gasteiger partial charge in [-0.2, -0.15) is 0 Å². The number of aromatic nitrogens is 1. The average molecular weight is 658 g/mol. The second kappa shape index (κ2) is 15.3. The number of amides is 2. The van der Waals surface area contributed by atoms with Gasteiger partial charge in [-0.15, -0.1) is 24.4 Å². The van der Waals surface area contributed by atoms with Gasteiger partial charge in [0.15, 0.2) is 0 Å². The summed E-state index contributed by atoms with van der Waals surface area (Å²) in [5.41, 5.74) is 9.05. The molecule has 1 saturated heterocycles. The van der Waals surface area contributed by atoms with E-state index in [1.165, 1.54) is 28.5 Å². The minimum atomic E-state index is -0.495. The molecule has 45 heavy (non-hydrogen) atoms. The number of aryl methyl sites for hydroxylation is 1. The number of hydrogen-bond donors (Lipinski definition) is 3. The van der Waals surface area contributed by atoms with Crippen LogP contribution in [0.2, 0.25) is 0 Å². The Kier molecular flexibility index (Phi) is 12.0. The number of rotatable bonds is 10. The summed E-state index contributed by atoms with van der Waals surface area (Å²) in [6.45, 7) is 17.6. The summed E-state index contributed by atoms with van der Waals surface area (Å²) >= 11 is 5.98. The summed E-state index contributed by atoms with van der Waals surface area (Å²) in [5.74, 6) is 2.11. The Morgan fingerprint density at radius 3 is 2.56 bits per heavy atom. The van der Waals surface area contributed by atoms with Crippen LogP contribution in [0.3, 0.4) is 0 Å². The number of benzene rings is 1. The standard InChI is InChI=1S/C34H51N5O4S2/c1-23-27-11-10-24(19-26(27)14-18-39(23)32(41)43-34(5,6)7)9-8-15-38-16-12-25(13-17-38)31(40)37-36-21-30(44)45-22-29-35-20-28(42-29)33(2,3)4/h10-11,19-21,23,25,36,44H,8-9,12-18,22H2,1-7H3,(H,37,40)/b30-21+. The van der Waals surface area contributed by atoms with Crippen molar-refractivity contribution in [3.05, 3.63) is 63.2 Å². The van der Waals surface area contributed by atoms with Crippen LogP contribution in [0.4, 0.5) is 4.79 Å². The third-order valence-corrected chi connectivity index (χ3v) is 9.62. The topological polar surface area (TPSA) is 99.9 Å². The van der Waals surface area contributed by atoms with Crippen LogP contribution in [0.1, 0.15) is 102 Å². The highest BCUT2D eigenvalue weighted by Crippen LogP contribution is 2.32. The van der Waals surface area contributed by atoms with Crippen molar-refractivity contribution in [3.63, 3.8) is 0 Å². The van der Waals surface area contributed by atoms with Gasteiger partial charge in [0, 0.05) is 24.1 Å². The number of piperidine rings is 1. The minimum absolute atomic E-state index is 0.00388. The summed E-state index contributed by atoms with van der Waals surface area (Å²) in [7, 11) is 0. The number of oxazole rings is 1. The van der Waals surface area contributed by atoms with Crippen molar-refractivity contribution in [2.75, 3.05) is 26.2 Å². The van der Waals surface area contributed by atoms with Crippen molar-refractivity contribution in [1.82, 2.24) is 25.6 Å². The van der Waals surface area contributed by atoms with Gasteiger partial charge in [-0.3, -0.25) is 10.2 Å². The third kappa shape index (κ3) is 10.4. The van der Waals surface area contributed by atoms with Gasteiger partial charge in [-0.05, 0) is 96.1 Å². The van der Waals surface area contributed by atoms with Crippen LogP contribution in [0.15, 0.2) is 39.3 Å². The second-order valence-corrected chi connectivity index (χ2v) is 15.9. The molecule has 248 valence electrons. The maximum absolute atomic E-state index is 12.7. The molecule has 9 nitrogen and oxygen atoms in total. The van der Waals surface area contributed by atoms with Gasteiger partial charge in [0.05, 0.1) is 22.2 Å². The Morgan fingerprint density at radius 1 is 1.16 bits per heavy atom. The number of nitrogens with zero attached hydrogens (tertiary/aromatic N) is 3. The smallest absolute Gasteiger partial charge is 0.410 e. The van der Waals surface area contributed by atoms with Crippen LogP contribution in [0, 0.1) is 5.92 Å². The number of nitrogens with one attached hydrogen (secondary N) is 2. The average Bonchev–Trinajstić information content (AvgIpc) is 3.46. The normalized spacial score (nSPS) is 18.4. The van der Waals surface area contributed by atoms with E-state index in [1.54, 1.807) is 12.4 Å². The summed E-state index contributed by atoms with van der Waals surface area (Å²) in [6.07, 6.45) is 7.88. The van der Waals surface area contributed by atoms with Gasteiger partial charge < -0.3 is 24.4 Å². The van der Waals surface area contributed by atoms with Gasteiger partial charge in [-0.1, -0.05) is 39.0 Å². The highest BCUT2D eigenvalue weighted by atomic mass is 32.2. The molecule has 2 amide bonds. The first-order valence-electron chi connectivity index (χ1n) is 16.1. The SMILES string of the molecule is CC1c2ccc(CCCN3CCC(C(=O)NN/C=C(\S)SCc4ncc(C(C)(C)C)o4)CC3)cc2CCN1C(=O)OC(C)(C)C. The van der Waals surface area contributed by atoms with Gasteiger partial charge in [0.1, 0.15) is 11.4 Å². The van der Waals surface area contributed by atoms with E-state index < -0.39 is 5.60 Å². The maximum atomic E-state index is 12.7. The fourth-order valence-electron chi connectivity index (χ4n) is 5.71. The number of hydrazine groups is 1. The molecule has 3 heterocycles. The van der Waals surface area contributed by atoms with E-state index >= 15 is 0 Å². The molecule has 0 radical (unpaired) electrons. The third-order valence-electron chi connectivity index (χ3n) is 8.30. The largest absolute Gasteiger partial charge is 0.444 e. The van der Waals surface area contributed by atoms with E-state index in [9.17, 15) is 9.59 Å². The Balaban J connectivity index is 1.12. The molecular formula is C34H51N5O4S2. The Hall–Kier alpha value is -2.63. The zero-order valence-electron chi connectivity index (χ0n) is 27.9. The highest BCUT2D eigenvalue weighted by molar-refractivity contribution is 8.15. The summed E-state index contributed by atoms with van der Waals surface area (Å²) in [6, 6.07) is 6.72. The van der Waals surface area contributed by atoms with Gasteiger partial charge in [0.25, 0.3) is 0 Å². The molecule has 0 saturated carbocycles. The van der Waals surface area contributed by atoms with Crippen LogP contribution in [0.5, 0.6) is 0 Å². The lowest BCUT2D eigenvalue weighted by Crippen LogP contribution is -2.44. The predicted molar refractivity (Wildman–Crippen MR) is 184 cm³/mol. The lowest BCUT2D eigenvalue weighted by molar-refractivity contribution is -0.127. The van der Waals surface area contributed by atoms with Gasteiger partial charge in [0.2, 0.25) is 11.8 Å². The molecule has 2 aliphatic rings. The molecule has 11 heteroatoms. The first kappa shape index (κ1) is 35.2. The summed E-state index contributed by atoms with van der Waals surface area (Å²) < 4.78 is 12.2. The summed E-state index contributed by atoms with van der Waals surface area (Å²) in [4.78, 5) is 34.0. The van der Waals surface area contributed by atoms with Crippen LogP contribution in [-0.2, 0) is 33.5 Å². The molecule has 2 aliphatic heterocycles. The molecule has 4 rings (SSSR count). The number of carbonyl (C=O) groups excluding carboxylic acids is 2. The first-order chi connectivity index (χ1) is 21.2. The van der Waals surface area contributed by atoms with E-state index in [2.05, 4.69) is 79.3 Å². The van der Waals surface area contributed by atoms with Crippen molar-refractivity contribution in [3.8, 4) is 0 Å². The fraction of sp³-hybridized carbons (Fsp3) is 0.618. The lowest BCUT2D eigenvalue weighted by atomic mass is 9.91. The number of hydrogen-bond acceptors (Lipinski definition) is 9.